The van der Waals surface area contributed by atoms with Gasteiger partial charge < -0.3 is 15.1 Å². The van der Waals surface area contributed by atoms with Crippen molar-refractivity contribution in [3.05, 3.63) is 64.0 Å². The number of hydrogen-bond donors (Lipinski definition) is 2. The first-order valence-corrected chi connectivity index (χ1v) is 8.99. The smallest absolute Gasteiger partial charge is 0.291 e. The molecule has 0 spiro atoms. The molecule has 0 aliphatic rings. The highest BCUT2D eigenvalue weighted by molar-refractivity contribution is 7.14. The minimum Gasteiger partial charge on any atom is -0.459 e. The molecule has 0 atom stereocenters. The summed E-state index contributed by atoms with van der Waals surface area (Å²) >= 11 is 1.41. The molecular weight excluding hydrogens is 350 g/mol. The van der Waals surface area contributed by atoms with Crippen LogP contribution in [0.15, 0.2) is 47.1 Å². The lowest BCUT2D eigenvalue weighted by Crippen LogP contribution is -2.12. The van der Waals surface area contributed by atoms with Crippen molar-refractivity contribution in [1.82, 2.24) is 4.98 Å². The zero-order valence-electron chi connectivity index (χ0n) is 14.7. The minimum atomic E-state index is -0.326. The Balaban J connectivity index is 1.65. The number of hydrogen-bond acceptors (Lipinski definition) is 5. The second-order valence-electron chi connectivity index (χ2n) is 6.08. The van der Waals surface area contributed by atoms with Gasteiger partial charge in [-0.25, -0.2) is 4.98 Å². The van der Waals surface area contributed by atoms with Crippen molar-refractivity contribution < 1.29 is 14.0 Å². The van der Waals surface area contributed by atoms with Crippen LogP contribution in [-0.2, 0) is 0 Å². The Kier molecular flexibility index (Phi) is 5.18. The zero-order chi connectivity index (χ0) is 18.7. The molecule has 3 aromatic rings. The zero-order valence-corrected chi connectivity index (χ0v) is 15.5. The average Bonchev–Trinajstić information content (AvgIpc) is 3.26. The summed E-state index contributed by atoms with van der Waals surface area (Å²) in [6.45, 7) is 5.94. The summed E-state index contributed by atoms with van der Waals surface area (Å²) in [5, 5.41) is 6.54. The van der Waals surface area contributed by atoms with Crippen LogP contribution in [0.3, 0.4) is 0 Å². The summed E-state index contributed by atoms with van der Waals surface area (Å²) < 4.78 is 5.05. The molecular formula is C19H19N3O3S. The number of anilines is 2. The highest BCUT2D eigenvalue weighted by Gasteiger charge is 2.17. The first-order chi connectivity index (χ1) is 12.4. The van der Waals surface area contributed by atoms with Crippen molar-refractivity contribution in [2.24, 2.45) is 0 Å². The summed E-state index contributed by atoms with van der Waals surface area (Å²) in [6, 6.07) is 10.1. The largest absolute Gasteiger partial charge is 0.459 e. The molecule has 0 fully saturated rings. The fourth-order valence-corrected chi connectivity index (χ4v) is 3.26. The van der Waals surface area contributed by atoms with Gasteiger partial charge >= 0.3 is 0 Å². The second kappa shape index (κ2) is 7.53. The Morgan fingerprint density at radius 3 is 2.15 bits per heavy atom. The molecule has 0 bridgehead atoms. The first kappa shape index (κ1) is 17.9. The average molecular weight is 369 g/mol. The third-order valence-corrected chi connectivity index (χ3v) is 5.12. The van der Waals surface area contributed by atoms with Crippen molar-refractivity contribution >= 4 is 34.5 Å². The van der Waals surface area contributed by atoms with E-state index < -0.39 is 0 Å². The predicted molar refractivity (Wildman–Crippen MR) is 102 cm³/mol. The maximum absolute atomic E-state index is 12.5. The maximum Gasteiger partial charge on any atom is 0.291 e. The van der Waals surface area contributed by atoms with E-state index in [1.165, 1.54) is 17.6 Å². The Bertz CT molecular complexity index is 912. The van der Waals surface area contributed by atoms with E-state index in [-0.39, 0.29) is 23.5 Å². The molecule has 7 heteroatoms. The van der Waals surface area contributed by atoms with Crippen molar-refractivity contribution in [2.75, 3.05) is 10.6 Å². The number of carbonyl (C=O) groups is 2. The molecule has 2 aromatic heterocycles. The van der Waals surface area contributed by atoms with Crippen LogP contribution in [0, 0.1) is 6.92 Å². The number of rotatable bonds is 5. The van der Waals surface area contributed by atoms with Crippen molar-refractivity contribution in [3.8, 4) is 0 Å². The lowest BCUT2D eigenvalue weighted by molar-refractivity contribution is 0.0994. The Labute approximate surface area is 155 Å². The molecule has 0 unspecified atom stereocenters. The molecule has 0 aliphatic heterocycles. The van der Waals surface area contributed by atoms with Gasteiger partial charge in [-0.15, -0.1) is 11.3 Å². The van der Waals surface area contributed by atoms with E-state index in [2.05, 4.69) is 29.5 Å². The number of thiazole rings is 1. The van der Waals surface area contributed by atoms with Gasteiger partial charge in [-0.05, 0) is 43.3 Å². The molecule has 1 aromatic carbocycles. The molecule has 0 saturated carbocycles. The molecule has 3 rings (SSSR count). The van der Waals surface area contributed by atoms with Crippen LogP contribution in [0.4, 0.5) is 11.4 Å². The normalized spacial score (nSPS) is 10.8. The van der Waals surface area contributed by atoms with Gasteiger partial charge in [0.25, 0.3) is 11.8 Å². The number of aromatic nitrogens is 1. The summed E-state index contributed by atoms with van der Waals surface area (Å²) in [5.41, 5.74) is 1.99. The SMILES string of the molecule is Cc1nc(C(C)C)sc1C(=O)Nc1ccc(NC(=O)c2ccco2)cc1. The summed E-state index contributed by atoms with van der Waals surface area (Å²) in [6.07, 6.45) is 1.44. The van der Waals surface area contributed by atoms with E-state index in [9.17, 15) is 9.59 Å². The van der Waals surface area contributed by atoms with E-state index >= 15 is 0 Å². The first-order valence-electron chi connectivity index (χ1n) is 8.17. The fourth-order valence-electron chi connectivity index (χ4n) is 2.30. The van der Waals surface area contributed by atoms with E-state index in [0.717, 1.165) is 10.7 Å². The van der Waals surface area contributed by atoms with E-state index in [1.807, 2.05) is 6.92 Å². The van der Waals surface area contributed by atoms with Gasteiger partial charge in [0.1, 0.15) is 4.88 Å². The highest BCUT2D eigenvalue weighted by atomic mass is 32.1. The molecule has 134 valence electrons. The van der Waals surface area contributed by atoms with Crippen LogP contribution in [-0.4, -0.2) is 16.8 Å². The maximum atomic E-state index is 12.5. The quantitative estimate of drug-likeness (QED) is 0.684. The number of amides is 2. The summed E-state index contributed by atoms with van der Waals surface area (Å²) in [7, 11) is 0. The lowest BCUT2D eigenvalue weighted by atomic mass is 10.2. The predicted octanol–water partition coefficient (Wildman–Crippen LogP) is 4.67. The van der Waals surface area contributed by atoms with Gasteiger partial charge in [0.2, 0.25) is 0 Å². The standard InChI is InChI=1S/C19H19N3O3S/c1-11(2)19-20-12(3)16(26-19)18(24)22-14-8-6-13(7-9-14)21-17(23)15-5-4-10-25-15/h4-11H,1-3H3,(H,21,23)(H,22,24). The van der Waals surface area contributed by atoms with Gasteiger partial charge in [-0.2, -0.15) is 0 Å². The van der Waals surface area contributed by atoms with E-state index in [1.54, 1.807) is 36.4 Å². The van der Waals surface area contributed by atoms with Gasteiger partial charge in [0.05, 0.1) is 17.0 Å². The fraction of sp³-hybridized carbons (Fsp3) is 0.211. The number of benzene rings is 1. The Morgan fingerprint density at radius 1 is 1.04 bits per heavy atom. The van der Waals surface area contributed by atoms with Crippen LogP contribution in [0.25, 0.3) is 0 Å². The summed E-state index contributed by atoms with van der Waals surface area (Å²) in [4.78, 5) is 29.5. The molecule has 2 amide bonds. The highest BCUT2D eigenvalue weighted by Crippen LogP contribution is 2.25. The van der Waals surface area contributed by atoms with Crippen LogP contribution >= 0.6 is 11.3 Å². The number of carbonyl (C=O) groups excluding carboxylic acids is 2. The van der Waals surface area contributed by atoms with Crippen LogP contribution in [0.1, 0.15) is 50.7 Å². The number of nitrogens with one attached hydrogen (secondary N) is 2. The number of nitrogens with zero attached hydrogens (tertiary/aromatic N) is 1. The molecule has 6 nitrogen and oxygen atoms in total. The molecule has 26 heavy (non-hydrogen) atoms. The number of aryl methyl sites for hydroxylation is 1. The summed E-state index contributed by atoms with van der Waals surface area (Å²) in [5.74, 6) is 0.0221. The third-order valence-electron chi connectivity index (χ3n) is 3.66. The molecule has 0 saturated heterocycles. The molecule has 2 N–H and O–H groups in total. The van der Waals surface area contributed by atoms with Gasteiger partial charge in [-0.3, -0.25) is 9.59 Å². The van der Waals surface area contributed by atoms with E-state index in [0.29, 0.717) is 16.3 Å². The lowest BCUT2D eigenvalue weighted by Gasteiger charge is -2.07. The van der Waals surface area contributed by atoms with Gasteiger partial charge in [0.15, 0.2) is 5.76 Å². The van der Waals surface area contributed by atoms with Gasteiger partial charge in [0, 0.05) is 17.3 Å². The monoisotopic (exact) mass is 369 g/mol. The van der Waals surface area contributed by atoms with Crippen molar-refractivity contribution in [2.45, 2.75) is 26.7 Å². The van der Waals surface area contributed by atoms with Crippen molar-refractivity contribution in [3.63, 3.8) is 0 Å². The topological polar surface area (TPSA) is 84.2 Å². The molecule has 0 radical (unpaired) electrons. The second-order valence-corrected chi connectivity index (χ2v) is 7.11. The number of furan rings is 1. The van der Waals surface area contributed by atoms with Crippen LogP contribution in [0.2, 0.25) is 0 Å². The van der Waals surface area contributed by atoms with Gasteiger partial charge in [-0.1, -0.05) is 13.8 Å². The van der Waals surface area contributed by atoms with Crippen LogP contribution < -0.4 is 10.6 Å². The Hall–Kier alpha value is -2.93. The minimum absolute atomic E-state index is 0.181. The van der Waals surface area contributed by atoms with Crippen molar-refractivity contribution in [1.29, 1.82) is 0 Å². The molecule has 0 aliphatic carbocycles. The molecule has 2 heterocycles. The van der Waals surface area contributed by atoms with E-state index in [4.69, 9.17) is 4.42 Å². The third kappa shape index (κ3) is 4.00. The Morgan fingerprint density at radius 2 is 1.65 bits per heavy atom. The van der Waals surface area contributed by atoms with Crippen LogP contribution in [0.5, 0.6) is 0 Å².